The van der Waals surface area contributed by atoms with Crippen LogP contribution in [0, 0.1) is 0 Å². The molecule has 0 amide bonds. The minimum atomic E-state index is -0.486. The first kappa shape index (κ1) is 26.9. The van der Waals surface area contributed by atoms with Gasteiger partial charge < -0.3 is 13.6 Å². The van der Waals surface area contributed by atoms with Crippen LogP contribution in [0.5, 0.6) is 0 Å². The number of hydrogen-bond acceptors (Lipinski definition) is 4. The molecule has 12 rings (SSSR count). The highest BCUT2D eigenvalue weighted by Gasteiger charge is 2.23. The molecule has 0 radical (unpaired) electrons. The van der Waals surface area contributed by atoms with Crippen molar-refractivity contribution in [2.45, 2.75) is 0 Å². The molecule has 0 aliphatic rings. The molecule has 8 aromatic carbocycles. The minimum absolute atomic E-state index is 0.0239. The van der Waals surface area contributed by atoms with E-state index in [4.69, 9.17) is 21.2 Å². The van der Waals surface area contributed by atoms with Gasteiger partial charge in [-0.1, -0.05) is 133 Å². The highest BCUT2D eigenvalue weighted by atomic mass is 16.3. The molecule has 0 saturated heterocycles. The summed E-state index contributed by atoms with van der Waals surface area (Å²) in [6.07, 6.45) is 0. The molecular weight excluding hydrogens is 699 g/mol. The van der Waals surface area contributed by atoms with Gasteiger partial charge in [0, 0.05) is 49.3 Å². The van der Waals surface area contributed by atoms with Crippen molar-refractivity contribution in [3.05, 3.63) is 188 Å². The van der Waals surface area contributed by atoms with Crippen molar-refractivity contribution in [3.63, 3.8) is 0 Å². The number of furan rings is 1. The van der Waals surface area contributed by atoms with Gasteiger partial charge in [-0.2, -0.15) is 0 Å². The number of para-hydroxylation sites is 3. The molecule has 0 unspecified atom stereocenters. The summed E-state index contributed by atoms with van der Waals surface area (Å²) in [5, 5.41) is 6.45. The second-order valence-electron chi connectivity index (χ2n) is 14.0. The Morgan fingerprint density at radius 1 is 0.421 bits per heavy atom. The average Bonchev–Trinajstić information content (AvgIpc) is 3.98. The van der Waals surface area contributed by atoms with Gasteiger partial charge in [0.1, 0.15) is 11.2 Å². The fraction of sp³-hybridized carbons (Fsp3) is 0. The van der Waals surface area contributed by atoms with Gasteiger partial charge >= 0.3 is 0 Å². The van der Waals surface area contributed by atoms with Crippen LogP contribution in [0.2, 0.25) is 0 Å². The van der Waals surface area contributed by atoms with Gasteiger partial charge in [-0.15, -0.1) is 0 Å². The Balaban J connectivity index is 1.11. The predicted molar refractivity (Wildman–Crippen MR) is 232 cm³/mol. The zero-order valence-electron chi connectivity index (χ0n) is 35.2. The Bertz CT molecular complexity index is 3790. The topological polar surface area (TPSA) is 61.7 Å². The van der Waals surface area contributed by atoms with Gasteiger partial charge in [0.25, 0.3) is 0 Å². The molecule has 0 atom stereocenters. The van der Waals surface area contributed by atoms with E-state index >= 15 is 0 Å². The fourth-order valence-electron chi connectivity index (χ4n) is 8.44. The maximum atomic E-state index is 8.71. The van der Waals surface area contributed by atoms with Gasteiger partial charge in [0.2, 0.25) is 0 Å². The molecule has 0 bridgehead atoms. The summed E-state index contributed by atoms with van der Waals surface area (Å²) in [7, 11) is 0. The third-order valence-corrected chi connectivity index (χ3v) is 10.8. The quantitative estimate of drug-likeness (QED) is 0.177. The summed E-state index contributed by atoms with van der Waals surface area (Å²) in [6.45, 7) is 0. The van der Waals surface area contributed by atoms with Crippen molar-refractivity contribution in [1.82, 2.24) is 24.1 Å². The lowest BCUT2D eigenvalue weighted by Crippen LogP contribution is -2.00. The zero-order chi connectivity index (χ0) is 41.8. The summed E-state index contributed by atoms with van der Waals surface area (Å²) >= 11 is 0. The van der Waals surface area contributed by atoms with E-state index in [1.165, 1.54) is 0 Å². The molecule has 6 heteroatoms. The molecule has 0 aliphatic carbocycles. The van der Waals surface area contributed by atoms with Crippen LogP contribution >= 0.6 is 0 Å². The lowest BCUT2D eigenvalue weighted by atomic mass is 10.1. The number of fused-ring (bicyclic) bond motifs is 10. The second-order valence-corrected chi connectivity index (χ2v) is 14.0. The lowest BCUT2D eigenvalue weighted by molar-refractivity contribution is 0.669. The zero-order valence-corrected chi connectivity index (χ0v) is 30.2. The van der Waals surface area contributed by atoms with Crippen molar-refractivity contribution in [2.75, 3.05) is 0 Å². The highest BCUT2D eigenvalue weighted by Crippen LogP contribution is 2.44. The molecular formula is C51H31N5O. The van der Waals surface area contributed by atoms with Crippen LogP contribution in [0.3, 0.4) is 0 Å². The maximum Gasteiger partial charge on any atom is 0.164 e. The van der Waals surface area contributed by atoms with E-state index in [1.807, 2.05) is 66.7 Å². The van der Waals surface area contributed by atoms with Gasteiger partial charge in [-0.05, 0) is 54.6 Å². The predicted octanol–water partition coefficient (Wildman–Crippen LogP) is 13.0. The monoisotopic (exact) mass is 734 g/mol. The Kier molecular flexibility index (Phi) is 5.82. The smallest absolute Gasteiger partial charge is 0.164 e. The van der Waals surface area contributed by atoms with Crippen molar-refractivity contribution < 1.29 is 11.3 Å². The van der Waals surface area contributed by atoms with E-state index in [9.17, 15) is 0 Å². The number of rotatable bonds is 5. The SMILES string of the molecule is [2H]c1c([2H])c([2H])c(-c2nc(-c3ccccc3)nc(-c3ccc4c(c3)oc3cccc(-n5c6ccccc6c6ccc7c(c8ccccc8n7-c7ccccc7)c65)c34)n2)c([2H])c1[2H]. The Hall–Kier alpha value is -7.83. The van der Waals surface area contributed by atoms with Crippen LogP contribution < -0.4 is 0 Å². The van der Waals surface area contributed by atoms with Crippen molar-refractivity contribution in [3.8, 4) is 45.5 Å². The summed E-state index contributed by atoms with van der Waals surface area (Å²) < 4.78 is 53.7. The van der Waals surface area contributed by atoms with Gasteiger partial charge in [0.05, 0.1) is 40.0 Å². The van der Waals surface area contributed by atoms with Crippen LogP contribution in [0.4, 0.5) is 0 Å². The first-order valence-corrected chi connectivity index (χ1v) is 18.7. The highest BCUT2D eigenvalue weighted by molar-refractivity contribution is 6.27. The van der Waals surface area contributed by atoms with E-state index in [-0.39, 0.29) is 29.3 Å². The first-order valence-electron chi connectivity index (χ1n) is 21.2. The van der Waals surface area contributed by atoms with E-state index in [1.54, 1.807) is 0 Å². The molecule has 0 spiro atoms. The summed E-state index contributed by atoms with van der Waals surface area (Å²) in [4.78, 5) is 14.3. The van der Waals surface area contributed by atoms with Crippen LogP contribution in [0.25, 0.3) is 111 Å². The normalized spacial score (nSPS) is 13.1. The van der Waals surface area contributed by atoms with Crippen molar-refractivity contribution in [2.24, 2.45) is 0 Å². The third kappa shape index (κ3) is 4.81. The summed E-state index contributed by atoms with van der Waals surface area (Å²) in [6, 6.07) is 51.2. The molecule has 4 heterocycles. The fourth-order valence-corrected chi connectivity index (χ4v) is 8.44. The van der Waals surface area contributed by atoms with Gasteiger partial charge in [-0.25, -0.2) is 15.0 Å². The van der Waals surface area contributed by atoms with E-state index in [0.717, 1.165) is 65.8 Å². The number of nitrogens with zero attached hydrogens (tertiary/aromatic N) is 5. The minimum Gasteiger partial charge on any atom is -0.456 e. The van der Waals surface area contributed by atoms with Gasteiger partial charge in [0.15, 0.2) is 17.5 Å². The standard InChI is InChI=1S/C51H31N5O/c1-4-15-32(16-5-1)49-52-50(33-17-6-2-7-18-33)54-51(53-49)34-27-28-39-45(31-34)57-44-26-14-25-42(46(39)44)56-40-23-12-10-21-36(40)37-29-30-43-47(48(37)56)38-22-11-13-24-41(38)55(43)35-19-8-3-9-20-35/h1-31H/i1D,4D,5D,15D,16D. The lowest BCUT2D eigenvalue weighted by Gasteiger charge is -2.11. The molecule has 12 aromatic rings. The third-order valence-electron chi connectivity index (χ3n) is 10.8. The average molecular weight is 735 g/mol. The van der Waals surface area contributed by atoms with Crippen molar-refractivity contribution in [1.29, 1.82) is 0 Å². The Morgan fingerprint density at radius 3 is 1.86 bits per heavy atom. The maximum absolute atomic E-state index is 8.71. The molecule has 0 aliphatic heterocycles. The van der Waals surface area contributed by atoms with E-state index in [2.05, 4.69) is 105 Å². The summed E-state index contributed by atoms with van der Waals surface area (Å²) in [5.74, 6) is 0.544. The molecule has 0 saturated carbocycles. The number of benzene rings is 8. The first-order chi connectivity index (χ1) is 30.4. The second kappa shape index (κ2) is 12.3. The van der Waals surface area contributed by atoms with Crippen LogP contribution in [0.15, 0.2) is 192 Å². The van der Waals surface area contributed by atoms with Crippen LogP contribution in [0.1, 0.15) is 6.85 Å². The largest absolute Gasteiger partial charge is 0.456 e. The molecule has 266 valence electrons. The number of hydrogen-bond donors (Lipinski definition) is 0. The van der Waals surface area contributed by atoms with Crippen LogP contribution in [-0.2, 0) is 0 Å². The Labute approximate surface area is 333 Å². The summed E-state index contributed by atoms with van der Waals surface area (Å²) in [5.41, 5.74) is 8.99. The Morgan fingerprint density at radius 2 is 1.07 bits per heavy atom. The van der Waals surface area contributed by atoms with Crippen molar-refractivity contribution >= 4 is 65.6 Å². The van der Waals surface area contributed by atoms with Crippen LogP contribution in [-0.4, -0.2) is 24.1 Å². The van der Waals surface area contributed by atoms with E-state index < -0.39 is 18.1 Å². The van der Waals surface area contributed by atoms with Gasteiger partial charge in [-0.3, -0.25) is 0 Å². The van der Waals surface area contributed by atoms with E-state index in [0.29, 0.717) is 28.1 Å². The molecule has 57 heavy (non-hydrogen) atoms. The molecule has 4 aromatic heterocycles. The molecule has 0 N–H and O–H groups in total. The molecule has 0 fully saturated rings. The number of aromatic nitrogens is 5. The molecule has 6 nitrogen and oxygen atoms in total.